The predicted molar refractivity (Wildman–Crippen MR) is 95.2 cm³/mol. The van der Waals surface area contributed by atoms with E-state index in [-0.39, 0.29) is 24.1 Å². The first-order valence-corrected chi connectivity index (χ1v) is 9.08. The number of nitrogens with one attached hydrogen (secondary N) is 1. The van der Waals surface area contributed by atoms with Crippen molar-refractivity contribution in [3.63, 3.8) is 0 Å². The lowest BCUT2D eigenvalue weighted by atomic mass is 10.2. The minimum absolute atomic E-state index is 0.133. The molecular formula is C17H16ClF3N2O2S. The lowest BCUT2D eigenvalue weighted by molar-refractivity contribution is -0.154. The number of carbonyl (C=O) groups is 1. The number of ether oxygens (including phenoxy) is 1. The molecule has 0 fully saturated rings. The van der Waals surface area contributed by atoms with Gasteiger partial charge in [0.2, 0.25) is 11.8 Å². The van der Waals surface area contributed by atoms with Crippen LogP contribution in [0.3, 0.4) is 0 Å². The molecule has 0 spiro atoms. The zero-order valence-electron chi connectivity index (χ0n) is 13.6. The van der Waals surface area contributed by atoms with Crippen LogP contribution in [0.15, 0.2) is 42.6 Å². The van der Waals surface area contributed by atoms with Gasteiger partial charge >= 0.3 is 6.18 Å². The van der Waals surface area contributed by atoms with E-state index >= 15 is 0 Å². The quantitative estimate of drug-likeness (QED) is 0.715. The monoisotopic (exact) mass is 404 g/mol. The minimum Gasteiger partial charge on any atom is -0.468 e. The van der Waals surface area contributed by atoms with Gasteiger partial charge in [-0.1, -0.05) is 23.7 Å². The number of aromatic nitrogens is 1. The van der Waals surface area contributed by atoms with Crippen LogP contribution in [-0.4, -0.2) is 29.4 Å². The van der Waals surface area contributed by atoms with Crippen LogP contribution < -0.4 is 10.1 Å². The summed E-state index contributed by atoms with van der Waals surface area (Å²) in [5.41, 5.74) is 1.67. The molecule has 140 valence electrons. The molecule has 1 aromatic carbocycles. The van der Waals surface area contributed by atoms with E-state index in [2.05, 4.69) is 15.0 Å². The number of alkyl halides is 3. The predicted octanol–water partition coefficient (Wildman–Crippen LogP) is 4.23. The molecule has 1 heterocycles. The van der Waals surface area contributed by atoms with E-state index in [1.165, 1.54) is 24.0 Å². The number of hydrogen-bond donors (Lipinski definition) is 1. The largest absolute Gasteiger partial charge is 0.468 e. The molecule has 0 saturated carbocycles. The number of carbonyl (C=O) groups excluding carboxylic acids is 1. The molecule has 4 nitrogen and oxygen atoms in total. The first-order valence-electron chi connectivity index (χ1n) is 7.55. The lowest BCUT2D eigenvalue weighted by Crippen LogP contribution is -2.24. The number of hydrogen-bond acceptors (Lipinski definition) is 4. The van der Waals surface area contributed by atoms with Crippen LogP contribution in [0.5, 0.6) is 5.88 Å². The van der Waals surface area contributed by atoms with Gasteiger partial charge in [0, 0.05) is 29.6 Å². The maximum atomic E-state index is 12.1. The van der Waals surface area contributed by atoms with Crippen LogP contribution in [0, 0.1) is 0 Å². The van der Waals surface area contributed by atoms with Gasteiger partial charge in [-0.3, -0.25) is 4.79 Å². The molecule has 0 bridgehead atoms. The van der Waals surface area contributed by atoms with Gasteiger partial charge < -0.3 is 10.1 Å². The topological polar surface area (TPSA) is 51.2 Å². The van der Waals surface area contributed by atoms with Gasteiger partial charge in [0.05, 0.1) is 5.75 Å². The van der Waals surface area contributed by atoms with E-state index in [0.29, 0.717) is 16.3 Å². The minimum atomic E-state index is -4.42. The van der Waals surface area contributed by atoms with Crippen LogP contribution in [-0.2, 0) is 17.1 Å². The van der Waals surface area contributed by atoms with E-state index in [0.717, 1.165) is 5.56 Å². The fourth-order valence-electron chi connectivity index (χ4n) is 1.89. The highest BCUT2D eigenvalue weighted by molar-refractivity contribution is 7.99. The third-order valence-corrected chi connectivity index (χ3v) is 4.34. The van der Waals surface area contributed by atoms with Gasteiger partial charge in [-0.25, -0.2) is 4.98 Å². The Kier molecular flexibility index (Phi) is 7.59. The fourth-order valence-corrected chi connectivity index (χ4v) is 2.83. The molecule has 1 N–H and O–H groups in total. The Labute approximate surface area is 158 Å². The van der Waals surface area contributed by atoms with Crippen molar-refractivity contribution in [2.75, 3.05) is 12.4 Å². The maximum Gasteiger partial charge on any atom is 0.422 e. The molecule has 9 heteroatoms. The molecule has 26 heavy (non-hydrogen) atoms. The summed E-state index contributed by atoms with van der Waals surface area (Å²) in [6.45, 7) is -1.22. The van der Waals surface area contributed by atoms with Gasteiger partial charge in [0.15, 0.2) is 6.61 Å². The summed E-state index contributed by atoms with van der Waals surface area (Å²) < 4.78 is 41.0. The van der Waals surface area contributed by atoms with Gasteiger partial charge in [-0.05, 0) is 29.3 Å². The summed E-state index contributed by atoms with van der Waals surface area (Å²) in [6, 6.07) is 10.3. The number of benzene rings is 1. The van der Waals surface area contributed by atoms with Crippen molar-refractivity contribution >= 4 is 29.3 Å². The number of nitrogens with zero attached hydrogens (tertiary/aromatic N) is 1. The first kappa shape index (κ1) is 20.4. The molecular weight excluding hydrogens is 389 g/mol. The zero-order chi connectivity index (χ0) is 19.0. The summed E-state index contributed by atoms with van der Waals surface area (Å²) in [7, 11) is 0. The highest BCUT2D eigenvalue weighted by Gasteiger charge is 2.28. The lowest BCUT2D eigenvalue weighted by Gasteiger charge is -2.10. The maximum absolute atomic E-state index is 12.1. The molecule has 1 aromatic heterocycles. The van der Waals surface area contributed by atoms with Crippen molar-refractivity contribution in [2.24, 2.45) is 0 Å². The zero-order valence-corrected chi connectivity index (χ0v) is 15.1. The van der Waals surface area contributed by atoms with Crippen LogP contribution >= 0.6 is 23.4 Å². The van der Waals surface area contributed by atoms with Gasteiger partial charge in [-0.15, -0.1) is 11.8 Å². The molecule has 0 aliphatic rings. The van der Waals surface area contributed by atoms with Crippen molar-refractivity contribution in [1.29, 1.82) is 0 Å². The summed E-state index contributed by atoms with van der Waals surface area (Å²) in [5, 5.41) is 3.37. The number of halogens is 4. The molecule has 0 aliphatic carbocycles. The highest BCUT2D eigenvalue weighted by atomic mass is 35.5. The molecule has 2 rings (SSSR count). The van der Waals surface area contributed by atoms with E-state index in [1.807, 2.05) is 12.1 Å². The summed E-state index contributed by atoms with van der Waals surface area (Å²) in [5.74, 6) is 0.644. The van der Waals surface area contributed by atoms with Crippen molar-refractivity contribution in [1.82, 2.24) is 10.3 Å². The number of pyridine rings is 1. The number of amides is 1. The van der Waals surface area contributed by atoms with E-state index in [9.17, 15) is 18.0 Å². The van der Waals surface area contributed by atoms with Gasteiger partial charge in [0.1, 0.15) is 0 Å². The SMILES string of the molecule is O=C(CSCc1ccc(Cl)cc1)NCc1ccnc(OCC(F)(F)F)c1. The Morgan fingerprint density at radius 3 is 2.62 bits per heavy atom. The van der Waals surface area contributed by atoms with Crippen molar-refractivity contribution < 1.29 is 22.7 Å². The van der Waals surface area contributed by atoms with E-state index in [4.69, 9.17) is 11.6 Å². The number of rotatable bonds is 8. The van der Waals surface area contributed by atoms with Crippen molar-refractivity contribution in [2.45, 2.75) is 18.5 Å². The normalized spacial score (nSPS) is 11.2. The Hall–Kier alpha value is -1.93. The van der Waals surface area contributed by atoms with Crippen LogP contribution in [0.4, 0.5) is 13.2 Å². The summed E-state index contributed by atoms with van der Waals surface area (Å²) in [4.78, 5) is 15.6. The molecule has 0 aliphatic heterocycles. The van der Waals surface area contributed by atoms with E-state index in [1.54, 1.807) is 18.2 Å². The van der Waals surface area contributed by atoms with Gasteiger partial charge in [-0.2, -0.15) is 13.2 Å². The summed E-state index contributed by atoms with van der Waals surface area (Å²) in [6.07, 6.45) is -3.09. The van der Waals surface area contributed by atoms with Crippen LogP contribution in [0.25, 0.3) is 0 Å². The van der Waals surface area contributed by atoms with Crippen LogP contribution in [0.2, 0.25) is 5.02 Å². The third-order valence-electron chi connectivity index (χ3n) is 3.09. The van der Waals surface area contributed by atoms with Crippen molar-refractivity contribution in [3.8, 4) is 5.88 Å². The molecule has 1 amide bonds. The van der Waals surface area contributed by atoms with Crippen LogP contribution in [0.1, 0.15) is 11.1 Å². The smallest absolute Gasteiger partial charge is 0.422 e. The second kappa shape index (κ2) is 9.68. The average Bonchev–Trinajstić information content (AvgIpc) is 2.60. The highest BCUT2D eigenvalue weighted by Crippen LogP contribution is 2.18. The Morgan fingerprint density at radius 1 is 1.19 bits per heavy atom. The second-order valence-electron chi connectivity index (χ2n) is 5.30. The van der Waals surface area contributed by atoms with Crippen molar-refractivity contribution in [3.05, 3.63) is 58.7 Å². The molecule has 0 atom stereocenters. The second-order valence-corrected chi connectivity index (χ2v) is 6.72. The Balaban J connectivity index is 1.72. The molecule has 2 aromatic rings. The third kappa shape index (κ3) is 7.97. The summed E-state index contributed by atoms with van der Waals surface area (Å²) >= 11 is 7.26. The molecule has 0 unspecified atom stereocenters. The molecule has 0 saturated heterocycles. The average molecular weight is 405 g/mol. The standard InChI is InChI=1S/C17H16ClF3N2O2S/c18-14-3-1-12(2-4-14)9-26-10-15(24)23-8-13-5-6-22-16(7-13)25-11-17(19,20)21/h1-7H,8-11H2,(H,23,24). The Bertz CT molecular complexity index is 727. The van der Waals surface area contributed by atoms with E-state index < -0.39 is 12.8 Å². The Morgan fingerprint density at radius 2 is 1.92 bits per heavy atom. The van der Waals surface area contributed by atoms with Gasteiger partial charge in [0.25, 0.3) is 0 Å². The first-order chi connectivity index (χ1) is 12.3. The fraction of sp³-hybridized carbons (Fsp3) is 0.294. The molecule has 0 radical (unpaired) electrons. The number of thioether (sulfide) groups is 1.